The van der Waals surface area contributed by atoms with Crippen molar-refractivity contribution in [2.75, 3.05) is 5.73 Å². The lowest BCUT2D eigenvalue weighted by molar-refractivity contribution is 0.393. The second-order valence-corrected chi connectivity index (χ2v) is 13.5. The fourth-order valence-electron chi connectivity index (χ4n) is 6.67. The molecule has 50 heavy (non-hydrogen) atoms. The molecule has 0 atom stereocenters. The molecule has 0 fully saturated rings. The Kier molecular flexibility index (Phi) is 8.88. The van der Waals surface area contributed by atoms with Crippen LogP contribution in [0, 0.1) is 41.5 Å². The molecule has 0 radical (unpaired) electrons. The summed E-state index contributed by atoms with van der Waals surface area (Å²) in [6.07, 6.45) is 0. The first kappa shape index (κ1) is 33.0. The van der Waals surface area contributed by atoms with Gasteiger partial charge in [0.25, 0.3) is 0 Å². The highest BCUT2D eigenvalue weighted by atomic mass is 79.9. The van der Waals surface area contributed by atoms with Crippen LogP contribution in [0.4, 0.5) is 5.69 Å². The van der Waals surface area contributed by atoms with E-state index in [9.17, 15) is 0 Å². The van der Waals surface area contributed by atoms with Crippen molar-refractivity contribution in [3.8, 4) is 22.3 Å². The molecular formula is C40H38BrN7O2. The van der Waals surface area contributed by atoms with E-state index < -0.39 is 0 Å². The highest BCUT2D eigenvalue weighted by Gasteiger charge is 2.19. The molecule has 4 aromatic carbocycles. The molecule has 4 aromatic heterocycles. The van der Waals surface area contributed by atoms with Crippen molar-refractivity contribution in [1.29, 1.82) is 0 Å². The first-order valence-corrected chi connectivity index (χ1v) is 17.3. The van der Waals surface area contributed by atoms with Crippen molar-refractivity contribution in [1.82, 2.24) is 29.4 Å². The van der Waals surface area contributed by atoms with Gasteiger partial charge in [0.2, 0.25) is 0 Å². The summed E-state index contributed by atoms with van der Waals surface area (Å²) in [6.45, 7) is 13.4. The predicted octanol–water partition coefficient (Wildman–Crippen LogP) is 9.67. The lowest BCUT2D eigenvalue weighted by Crippen LogP contribution is -2.02. The van der Waals surface area contributed by atoms with Crippen molar-refractivity contribution in [2.45, 2.75) is 54.6 Å². The first-order valence-electron chi connectivity index (χ1n) is 16.5. The number of benzene rings is 4. The Bertz CT molecular complexity index is 2260. The number of anilines is 1. The molecule has 10 heteroatoms. The summed E-state index contributed by atoms with van der Waals surface area (Å²) in [7, 11) is 0. The smallest absolute Gasteiger partial charge is 0.141 e. The van der Waals surface area contributed by atoms with Crippen LogP contribution in [-0.4, -0.2) is 29.4 Å². The molecule has 8 rings (SSSR count). The van der Waals surface area contributed by atoms with Gasteiger partial charge in [-0.05, 0) is 104 Å². The lowest BCUT2D eigenvalue weighted by Gasteiger charge is -2.09. The van der Waals surface area contributed by atoms with Crippen LogP contribution in [0.25, 0.3) is 44.3 Å². The molecule has 0 unspecified atom stereocenters. The number of fused-ring (bicyclic) bond motifs is 2. The van der Waals surface area contributed by atoms with E-state index in [1.807, 2.05) is 71.9 Å². The highest BCUT2D eigenvalue weighted by Crippen LogP contribution is 2.35. The first-order chi connectivity index (χ1) is 24.1. The molecule has 0 bridgehead atoms. The zero-order chi connectivity index (χ0) is 35.1. The van der Waals surface area contributed by atoms with E-state index in [1.54, 1.807) is 0 Å². The summed E-state index contributed by atoms with van der Waals surface area (Å²) in [6, 6.07) is 29.1. The van der Waals surface area contributed by atoms with Gasteiger partial charge >= 0.3 is 0 Å². The Hall–Kier alpha value is -5.48. The van der Waals surface area contributed by atoms with Crippen LogP contribution in [-0.2, 0) is 13.1 Å². The molecule has 0 saturated heterocycles. The molecule has 4 heterocycles. The topological polar surface area (TPSA) is 114 Å². The summed E-state index contributed by atoms with van der Waals surface area (Å²) >= 11 is 3.69. The number of aryl methyl sites for hydroxylation is 6. The molecule has 0 aliphatic rings. The summed E-state index contributed by atoms with van der Waals surface area (Å²) in [5.41, 5.74) is 19.3. The van der Waals surface area contributed by atoms with E-state index in [-0.39, 0.29) is 0 Å². The van der Waals surface area contributed by atoms with Gasteiger partial charge in [0.15, 0.2) is 0 Å². The molecule has 0 aliphatic carbocycles. The summed E-state index contributed by atoms with van der Waals surface area (Å²) < 4.78 is 16.1. The molecule has 8 aromatic rings. The van der Waals surface area contributed by atoms with Gasteiger partial charge in [-0.25, -0.2) is 9.97 Å². The zero-order valence-electron chi connectivity index (χ0n) is 29.0. The van der Waals surface area contributed by atoms with Gasteiger partial charge in [-0.1, -0.05) is 71.0 Å². The fraction of sp³-hybridized carbons (Fsp3) is 0.200. The highest BCUT2D eigenvalue weighted by molar-refractivity contribution is 9.10. The number of imidazole rings is 2. The molecule has 2 N–H and O–H groups in total. The molecule has 9 nitrogen and oxygen atoms in total. The number of nitrogens with two attached hydrogens (primary N) is 1. The van der Waals surface area contributed by atoms with Crippen molar-refractivity contribution in [3.63, 3.8) is 0 Å². The van der Waals surface area contributed by atoms with E-state index in [1.165, 1.54) is 11.1 Å². The van der Waals surface area contributed by atoms with Gasteiger partial charge in [0.1, 0.15) is 34.2 Å². The van der Waals surface area contributed by atoms with Crippen molar-refractivity contribution in [2.24, 2.45) is 0 Å². The number of hydrogen-bond donors (Lipinski definition) is 1. The third-order valence-corrected chi connectivity index (χ3v) is 9.69. The Morgan fingerprint density at radius 1 is 0.600 bits per heavy atom. The average Bonchev–Trinajstić information content (AvgIpc) is 3.82. The van der Waals surface area contributed by atoms with Gasteiger partial charge in [0.05, 0.1) is 28.1 Å². The third-order valence-electron chi connectivity index (χ3n) is 9.08. The second-order valence-electron chi connectivity index (χ2n) is 12.6. The molecule has 252 valence electrons. The maximum atomic E-state index is 6.31. The van der Waals surface area contributed by atoms with Gasteiger partial charge in [-0.2, -0.15) is 0 Å². The second kappa shape index (κ2) is 13.4. The predicted molar refractivity (Wildman–Crippen MR) is 202 cm³/mol. The Labute approximate surface area is 298 Å². The lowest BCUT2D eigenvalue weighted by atomic mass is 10.0. The summed E-state index contributed by atoms with van der Waals surface area (Å²) in [5, 5.41) is 8.14. The Balaban J connectivity index is 0.000000157. The van der Waals surface area contributed by atoms with Crippen LogP contribution in [0.5, 0.6) is 0 Å². The van der Waals surface area contributed by atoms with Crippen LogP contribution < -0.4 is 5.73 Å². The monoisotopic (exact) mass is 727 g/mol. The minimum absolute atomic E-state index is 0.669. The van der Waals surface area contributed by atoms with Crippen molar-refractivity contribution < 1.29 is 9.05 Å². The molecular weight excluding hydrogens is 690 g/mol. The van der Waals surface area contributed by atoms with E-state index in [0.29, 0.717) is 5.69 Å². The van der Waals surface area contributed by atoms with Crippen molar-refractivity contribution in [3.05, 3.63) is 135 Å². The number of aromatic nitrogens is 6. The maximum absolute atomic E-state index is 6.31. The minimum Gasteiger partial charge on any atom is -0.397 e. The minimum atomic E-state index is 0.669. The summed E-state index contributed by atoms with van der Waals surface area (Å²) in [4.78, 5) is 9.43. The Morgan fingerprint density at radius 2 is 1.04 bits per heavy atom. The quantitative estimate of drug-likeness (QED) is 0.170. The van der Waals surface area contributed by atoms with Gasteiger partial charge in [0, 0.05) is 28.7 Å². The van der Waals surface area contributed by atoms with Crippen LogP contribution in [0.15, 0.2) is 98.4 Å². The van der Waals surface area contributed by atoms with E-state index in [2.05, 4.69) is 95.0 Å². The molecule has 0 amide bonds. The zero-order valence-corrected chi connectivity index (χ0v) is 30.5. The number of halogens is 1. The number of rotatable bonds is 6. The molecule has 0 aliphatic heterocycles. The number of hydrogen-bond acceptors (Lipinski definition) is 7. The number of nitrogen functional groups attached to an aromatic ring is 1. The van der Waals surface area contributed by atoms with E-state index in [0.717, 1.165) is 96.4 Å². The molecule has 0 spiro atoms. The maximum Gasteiger partial charge on any atom is 0.141 e. The fourth-order valence-corrected chi connectivity index (χ4v) is 7.21. The van der Waals surface area contributed by atoms with Crippen LogP contribution in [0.3, 0.4) is 0 Å². The van der Waals surface area contributed by atoms with E-state index >= 15 is 0 Å². The largest absolute Gasteiger partial charge is 0.397 e. The third kappa shape index (κ3) is 6.22. The Morgan fingerprint density at radius 3 is 1.50 bits per heavy atom. The van der Waals surface area contributed by atoms with Crippen LogP contribution in [0.2, 0.25) is 0 Å². The molecule has 0 saturated carbocycles. The standard InChI is InChI=1S/C20H18BrN3O.C20H20N4O/c2*1-12-19(13(2)25-23-12)16-9-17(21)20-18(10-16)24(14(3)22-20)11-15-7-5-4-6-8-15/h4-10H,11H2,1-3H3;4-10H,11,21H2,1-3H3. The SMILES string of the molecule is Cc1noc(C)c1-c1cc(Br)c2nc(C)n(Cc3ccccc3)c2c1.Cc1noc(C)c1-c1cc(N)c2nc(C)n(Cc3ccccc3)c2c1. The average molecular weight is 729 g/mol. The van der Waals surface area contributed by atoms with Gasteiger partial charge in [-0.3, -0.25) is 0 Å². The van der Waals surface area contributed by atoms with Crippen LogP contribution >= 0.6 is 15.9 Å². The normalized spacial score (nSPS) is 11.3. The summed E-state index contributed by atoms with van der Waals surface area (Å²) in [5.74, 6) is 3.56. The van der Waals surface area contributed by atoms with E-state index in [4.69, 9.17) is 19.8 Å². The van der Waals surface area contributed by atoms with Gasteiger partial charge in [-0.15, -0.1) is 0 Å². The van der Waals surface area contributed by atoms with Gasteiger partial charge < -0.3 is 23.9 Å². The number of nitrogens with zero attached hydrogens (tertiary/aromatic N) is 6. The van der Waals surface area contributed by atoms with Crippen LogP contribution in [0.1, 0.15) is 45.7 Å². The van der Waals surface area contributed by atoms with Crippen molar-refractivity contribution >= 4 is 43.7 Å².